The van der Waals surface area contributed by atoms with Crippen LogP contribution in [-0.4, -0.2) is 18.3 Å². The molecule has 4 N–H and O–H groups in total. The fourth-order valence-electron chi connectivity index (χ4n) is 1.33. The van der Waals surface area contributed by atoms with Crippen LogP contribution in [0.15, 0.2) is 24.3 Å². The second kappa shape index (κ2) is 7.45. The molecule has 0 spiro atoms. The molecule has 0 aliphatic carbocycles. The predicted octanol–water partition coefficient (Wildman–Crippen LogP) is 2.74. The van der Waals surface area contributed by atoms with Crippen LogP contribution in [0.1, 0.15) is 13.8 Å². The molecule has 19 heavy (non-hydrogen) atoms. The van der Waals surface area contributed by atoms with Crippen molar-refractivity contribution in [3.05, 3.63) is 24.3 Å². The zero-order chi connectivity index (χ0) is 14.3. The van der Waals surface area contributed by atoms with Gasteiger partial charge in [-0.15, -0.1) is 0 Å². The highest BCUT2D eigenvalue weighted by molar-refractivity contribution is 7.81. The Kier molecular flexibility index (Phi) is 6.24. The molecule has 0 atom stereocenters. The summed E-state index contributed by atoms with van der Waals surface area (Å²) in [5.41, 5.74) is 6.93. The number of nitrogens with two attached hydrogens (primary N) is 1. The van der Waals surface area contributed by atoms with Crippen molar-refractivity contribution in [1.82, 2.24) is 5.09 Å². The van der Waals surface area contributed by atoms with Crippen molar-refractivity contribution < 1.29 is 13.6 Å². The fraction of sp³-hybridized carbons (Fsp3) is 0.364. The molecule has 0 aliphatic rings. The molecule has 8 heteroatoms. The minimum Gasteiger partial charge on any atom is -0.397 e. The molecule has 0 bridgehead atoms. The SMILES string of the molecule is CCOP(=O)(NC(=S)Nc1ccccc1N)OCC. The number of hydrogen-bond donors (Lipinski definition) is 3. The zero-order valence-electron chi connectivity index (χ0n) is 10.9. The number of nitrogen functional groups attached to an aromatic ring is 1. The maximum absolute atomic E-state index is 12.2. The summed E-state index contributed by atoms with van der Waals surface area (Å²) in [6.07, 6.45) is 0. The maximum Gasteiger partial charge on any atom is 0.434 e. The number of nitrogens with one attached hydrogen (secondary N) is 2. The van der Waals surface area contributed by atoms with E-state index >= 15 is 0 Å². The van der Waals surface area contributed by atoms with Gasteiger partial charge < -0.3 is 11.1 Å². The number of para-hydroxylation sites is 2. The predicted molar refractivity (Wildman–Crippen MR) is 81.1 cm³/mol. The van der Waals surface area contributed by atoms with Crippen LogP contribution in [0.2, 0.25) is 0 Å². The van der Waals surface area contributed by atoms with E-state index in [0.29, 0.717) is 11.4 Å². The third-order valence-corrected chi connectivity index (χ3v) is 4.09. The van der Waals surface area contributed by atoms with Crippen LogP contribution in [0, 0.1) is 0 Å². The molecule has 0 fully saturated rings. The molecule has 0 aromatic heterocycles. The minimum atomic E-state index is -3.42. The molecule has 0 saturated heterocycles. The topological polar surface area (TPSA) is 85.6 Å². The minimum absolute atomic E-state index is 0.128. The first-order valence-electron chi connectivity index (χ1n) is 5.83. The fourth-order valence-corrected chi connectivity index (χ4v) is 2.96. The quantitative estimate of drug-likeness (QED) is 0.423. The lowest BCUT2D eigenvalue weighted by Gasteiger charge is -2.19. The Morgan fingerprint density at radius 2 is 1.89 bits per heavy atom. The van der Waals surface area contributed by atoms with Crippen LogP contribution in [0.4, 0.5) is 11.4 Å². The van der Waals surface area contributed by atoms with E-state index in [1.165, 1.54) is 0 Å². The molecule has 0 amide bonds. The molecule has 106 valence electrons. The molecular weight excluding hydrogens is 285 g/mol. The van der Waals surface area contributed by atoms with Gasteiger partial charge in [-0.2, -0.15) is 0 Å². The molecule has 6 nitrogen and oxygen atoms in total. The van der Waals surface area contributed by atoms with E-state index in [2.05, 4.69) is 10.4 Å². The summed E-state index contributed by atoms with van der Waals surface area (Å²) >= 11 is 5.06. The molecular formula is C11H18N3O3PS. The number of hydrogen-bond acceptors (Lipinski definition) is 5. The Labute approximate surface area is 118 Å². The first kappa shape index (κ1) is 15.9. The number of thiocarbonyl (C=S) groups is 1. The normalized spacial score (nSPS) is 11.1. The highest BCUT2D eigenvalue weighted by Crippen LogP contribution is 2.43. The summed E-state index contributed by atoms with van der Waals surface area (Å²) in [7, 11) is -3.42. The van der Waals surface area contributed by atoms with E-state index in [4.69, 9.17) is 27.0 Å². The Morgan fingerprint density at radius 1 is 1.32 bits per heavy atom. The molecule has 1 rings (SSSR count). The molecule has 0 unspecified atom stereocenters. The summed E-state index contributed by atoms with van der Waals surface area (Å²) in [5.74, 6) is 0. The van der Waals surface area contributed by atoms with Gasteiger partial charge in [0, 0.05) is 0 Å². The van der Waals surface area contributed by atoms with Crippen molar-refractivity contribution in [3.8, 4) is 0 Å². The van der Waals surface area contributed by atoms with Gasteiger partial charge in [-0.3, -0.25) is 14.1 Å². The summed E-state index contributed by atoms with van der Waals surface area (Å²) in [6.45, 7) is 3.94. The van der Waals surface area contributed by atoms with Gasteiger partial charge in [0.1, 0.15) is 0 Å². The Balaban J connectivity index is 2.68. The third-order valence-electron chi connectivity index (χ3n) is 2.05. The zero-order valence-corrected chi connectivity index (χ0v) is 12.6. The maximum atomic E-state index is 12.2. The summed E-state index contributed by atoms with van der Waals surface area (Å²) in [6, 6.07) is 7.11. The third kappa shape index (κ3) is 5.16. The molecule has 0 heterocycles. The van der Waals surface area contributed by atoms with Gasteiger partial charge in [-0.25, -0.2) is 4.57 Å². The lowest BCUT2D eigenvalue weighted by molar-refractivity contribution is 0.216. The molecule has 1 aromatic carbocycles. The molecule has 1 aromatic rings. The second-order valence-corrected chi connectivity index (χ2v) is 5.63. The van der Waals surface area contributed by atoms with Crippen molar-refractivity contribution >= 4 is 36.5 Å². The highest BCUT2D eigenvalue weighted by atomic mass is 32.1. The van der Waals surface area contributed by atoms with Gasteiger partial charge in [-0.05, 0) is 38.2 Å². The van der Waals surface area contributed by atoms with E-state index in [1.54, 1.807) is 26.0 Å². The number of benzene rings is 1. The van der Waals surface area contributed by atoms with E-state index in [-0.39, 0.29) is 18.3 Å². The van der Waals surface area contributed by atoms with Crippen molar-refractivity contribution in [1.29, 1.82) is 0 Å². The number of anilines is 2. The van der Waals surface area contributed by atoms with E-state index < -0.39 is 7.75 Å². The van der Waals surface area contributed by atoms with Gasteiger partial charge in [-0.1, -0.05) is 12.1 Å². The van der Waals surface area contributed by atoms with Crippen molar-refractivity contribution in [2.24, 2.45) is 0 Å². The van der Waals surface area contributed by atoms with Crippen LogP contribution in [-0.2, 0) is 13.6 Å². The van der Waals surface area contributed by atoms with Crippen LogP contribution in [0.5, 0.6) is 0 Å². The van der Waals surface area contributed by atoms with Crippen LogP contribution in [0.3, 0.4) is 0 Å². The van der Waals surface area contributed by atoms with Gasteiger partial charge in [0.2, 0.25) is 0 Å². The monoisotopic (exact) mass is 303 g/mol. The highest BCUT2D eigenvalue weighted by Gasteiger charge is 2.24. The molecule has 0 saturated carbocycles. The smallest absolute Gasteiger partial charge is 0.397 e. The Morgan fingerprint density at radius 3 is 2.42 bits per heavy atom. The summed E-state index contributed by atoms with van der Waals surface area (Å²) < 4.78 is 22.3. The van der Waals surface area contributed by atoms with Crippen molar-refractivity contribution in [3.63, 3.8) is 0 Å². The standard InChI is InChI=1S/C11H18N3O3PS/c1-3-16-18(15,17-4-2)14-11(19)13-10-8-6-5-7-9(10)12/h5-8H,3-4,12H2,1-2H3,(H2,13,14,15,19). The van der Waals surface area contributed by atoms with Gasteiger partial charge >= 0.3 is 7.75 Å². The number of rotatable bonds is 6. The summed E-state index contributed by atoms with van der Waals surface area (Å²) in [4.78, 5) is 0. The Bertz CT molecular complexity index is 474. The summed E-state index contributed by atoms with van der Waals surface area (Å²) in [5, 5.41) is 5.52. The van der Waals surface area contributed by atoms with Gasteiger partial charge in [0.15, 0.2) is 5.11 Å². The average molecular weight is 303 g/mol. The average Bonchev–Trinajstić information content (AvgIpc) is 2.32. The van der Waals surface area contributed by atoms with Gasteiger partial charge in [0.25, 0.3) is 0 Å². The van der Waals surface area contributed by atoms with Gasteiger partial charge in [0.05, 0.1) is 24.6 Å². The lowest BCUT2D eigenvalue weighted by Crippen LogP contribution is -2.28. The van der Waals surface area contributed by atoms with E-state index in [9.17, 15) is 4.57 Å². The molecule has 0 aliphatic heterocycles. The van der Waals surface area contributed by atoms with Crippen molar-refractivity contribution in [2.75, 3.05) is 24.3 Å². The van der Waals surface area contributed by atoms with Crippen LogP contribution >= 0.6 is 20.0 Å². The first-order valence-corrected chi connectivity index (χ1v) is 7.78. The second-order valence-electron chi connectivity index (χ2n) is 3.49. The van der Waals surface area contributed by atoms with Crippen LogP contribution < -0.4 is 16.1 Å². The first-order chi connectivity index (χ1) is 9.00. The Hall–Kier alpha value is -1.14. The van der Waals surface area contributed by atoms with E-state index in [1.807, 2.05) is 12.1 Å². The van der Waals surface area contributed by atoms with Crippen molar-refractivity contribution in [2.45, 2.75) is 13.8 Å². The van der Waals surface area contributed by atoms with E-state index in [0.717, 1.165) is 0 Å². The molecule has 0 radical (unpaired) electrons. The largest absolute Gasteiger partial charge is 0.434 e. The lowest BCUT2D eigenvalue weighted by atomic mass is 10.3. The van der Waals surface area contributed by atoms with Crippen LogP contribution in [0.25, 0.3) is 0 Å².